The Labute approximate surface area is 160 Å². The zero-order chi connectivity index (χ0) is 18.8. The minimum atomic E-state index is -0.0966. The monoisotopic (exact) mass is 363 g/mol. The number of hydrogen-bond donors (Lipinski definition) is 1. The fraction of sp³-hybridized carbons (Fsp3) is 0.364. The Balaban J connectivity index is 1.48. The van der Waals surface area contributed by atoms with Crippen molar-refractivity contribution in [2.45, 2.75) is 31.8 Å². The van der Waals surface area contributed by atoms with Gasteiger partial charge in [-0.3, -0.25) is 9.59 Å². The van der Waals surface area contributed by atoms with Gasteiger partial charge >= 0.3 is 0 Å². The summed E-state index contributed by atoms with van der Waals surface area (Å²) in [6.45, 7) is 1.40. The van der Waals surface area contributed by atoms with E-state index in [0.717, 1.165) is 37.9 Å². The number of nitrogens with zero attached hydrogens (tertiary/aromatic N) is 2. The van der Waals surface area contributed by atoms with Crippen molar-refractivity contribution in [2.24, 2.45) is 0 Å². The first-order chi connectivity index (χ1) is 13.1. The molecule has 0 spiro atoms. The van der Waals surface area contributed by atoms with Crippen LogP contribution in [0.4, 0.5) is 5.69 Å². The maximum atomic E-state index is 12.8. The molecule has 27 heavy (non-hydrogen) atoms. The Kier molecular flexibility index (Phi) is 4.84. The first kappa shape index (κ1) is 17.6. The van der Waals surface area contributed by atoms with E-state index in [1.165, 1.54) is 5.56 Å². The zero-order valence-corrected chi connectivity index (χ0v) is 15.6. The molecule has 0 unspecified atom stereocenters. The summed E-state index contributed by atoms with van der Waals surface area (Å²) in [6, 6.07) is 15.5. The van der Waals surface area contributed by atoms with E-state index >= 15 is 0 Å². The molecule has 1 saturated heterocycles. The van der Waals surface area contributed by atoms with Gasteiger partial charge in [0.25, 0.3) is 11.8 Å². The zero-order valence-electron chi connectivity index (χ0n) is 15.6. The average Bonchev–Trinajstić information content (AvgIpc) is 2.72. The van der Waals surface area contributed by atoms with E-state index in [9.17, 15) is 9.59 Å². The maximum absolute atomic E-state index is 12.8. The molecule has 0 saturated carbocycles. The van der Waals surface area contributed by atoms with Crippen molar-refractivity contribution in [3.63, 3.8) is 0 Å². The molecule has 2 aliphatic rings. The molecule has 2 heterocycles. The summed E-state index contributed by atoms with van der Waals surface area (Å²) >= 11 is 0. The highest BCUT2D eigenvalue weighted by Gasteiger charge is 2.37. The number of hydrogen-bond acceptors (Lipinski definition) is 3. The third-order valence-electron chi connectivity index (χ3n) is 5.59. The molecule has 0 radical (unpaired) electrons. The maximum Gasteiger partial charge on any atom is 0.257 e. The number of carbonyl (C=O) groups excluding carboxylic acids is 2. The standard InChI is InChI=1S/C22H25N3O2/c1-24-19-15-17(21(26)23-13-12-16-7-3-2-4-8-16)10-11-18(19)22(27)25-14-6-5-9-20(24)25/h2-4,7-8,10-11,15,20H,5-6,9,12-14H2,1H3,(H,23,26)/t20-/m1/s1. The molecule has 1 atom stereocenters. The lowest BCUT2D eigenvalue weighted by molar-refractivity contribution is 0.0589. The molecule has 2 amide bonds. The van der Waals surface area contributed by atoms with Gasteiger partial charge in [-0.05, 0) is 49.4 Å². The van der Waals surface area contributed by atoms with E-state index in [2.05, 4.69) is 22.3 Å². The molecule has 4 rings (SSSR count). The van der Waals surface area contributed by atoms with Crippen LogP contribution in [0.1, 0.15) is 45.5 Å². The van der Waals surface area contributed by atoms with Crippen molar-refractivity contribution >= 4 is 17.5 Å². The molecule has 2 aliphatic heterocycles. The van der Waals surface area contributed by atoms with Gasteiger partial charge in [0, 0.05) is 25.7 Å². The van der Waals surface area contributed by atoms with Gasteiger partial charge in [0.2, 0.25) is 0 Å². The second-order valence-electron chi connectivity index (χ2n) is 7.31. The largest absolute Gasteiger partial charge is 0.354 e. The molecule has 140 valence electrons. The number of piperidine rings is 1. The summed E-state index contributed by atoms with van der Waals surface area (Å²) < 4.78 is 0. The Morgan fingerprint density at radius 3 is 2.78 bits per heavy atom. The van der Waals surface area contributed by atoms with Gasteiger partial charge in [0.15, 0.2) is 0 Å². The van der Waals surface area contributed by atoms with Gasteiger partial charge in [-0.15, -0.1) is 0 Å². The fourth-order valence-corrected chi connectivity index (χ4v) is 4.08. The molecule has 5 heteroatoms. The van der Waals surface area contributed by atoms with Crippen LogP contribution in [0.3, 0.4) is 0 Å². The van der Waals surface area contributed by atoms with Crippen LogP contribution in [0.15, 0.2) is 48.5 Å². The van der Waals surface area contributed by atoms with E-state index in [0.29, 0.717) is 17.7 Å². The topological polar surface area (TPSA) is 52.7 Å². The van der Waals surface area contributed by atoms with E-state index in [-0.39, 0.29) is 18.0 Å². The van der Waals surface area contributed by atoms with Gasteiger partial charge < -0.3 is 15.1 Å². The van der Waals surface area contributed by atoms with Crippen LogP contribution in [0.2, 0.25) is 0 Å². The number of carbonyl (C=O) groups is 2. The quantitative estimate of drug-likeness (QED) is 0.908. The minimum absolute atomic E-state index is 0.0869. The Morgan fingerprint density at radius 1 is 1.15 bits per heavy atom. The van der Waals surface area contributed by atoms with Gasteiger partial charge in [-0.2, -0.15) is 0 Å². The summed E-state index contributed by atoms with van der Waals surface area (Å²) in [5.74, 6) is -0.00973. The fourth-order valence-electron chi connectivity index (χ4n) is 4.08. The molecule has 0 bridgehead atoms. The van der Waals surface area contributed by atoms with Crippen LogP contribution in [0.25, 0.3) is 0 Å². The summed E-state index contributed by atoms with van der Waals surface area (Å²) in [4.78, 5) is 29.5. The van der Waals surface area contributed by atoms with Crippen LogP contribution >= 0.6 is 0 Å². The molecule has 2 aromatic carbocycles. The number of benzene rings is 2. The van der Waals surface area contributed by atoms with E-state index in [1.807, 2.05) is 36.2 Å². The molecule has 1 N–H and O–H groups in total. The van der Waals surface area contributed by atoms with Crippen molar-refractivity contribution in [3.05, 3.63) is 65.2 Å². The SMILES string of the molecule is CN1c2cc(C(=O)NCCc3ccccc3)ccc2C(=O)N2CCCC[C@@H]21. The van der Waals surface area contributed by atoms with Crippen molar-refractivity contribution in [1.82, 2.24) is 10.2 Å². The highest BCUT2D eigenvalue weighted by Crippen LogP contribution is 2.34. The van der Waals surface area contributed by atoms with Crippen LogP contribution < -0.4 is 10.2 Å². The van der Waals surface area contributed by atoms with Crippen molar-refractivity contribution in [3.8, 4) is 0 Å². The minimum Gasteiger partial charge on any atom is -0.354 e. The van der Waals surface area contributed by atoms with Gasteiger partial charge in [-0.1, -0.05) is 30.3 Å². The predicted molar refractivity (Wildman–Crippen MR) is 106 cm³/mol. The van der Waals surface area contributed by atoms with E-state index < -0.39 is 0 Å². The second-order valence-corrected chi connectivity index (χ2v) is 7.31. The molecular weight excluding hydrogens is 338 g/mol. The Bertz CT molecular complexity index is 850. The van der Waals surface area contributed by atoms with Crippen LogP contribution in [-0.2, 0) is 6.42 Å². The smallest absolute Gasteiger partial charge is 0.257 e. The highest BCUT2D eigenvalue weighted by atomic mass is 16.2. The van der Waals surface area contributed by atoms with Crippen LogP contribution in [0.5, 0.6) is 0 Å². The number of rotatable bonds is 4. The summed E-state index contributed by atoms with van der Waals surface area (Å²) in [5.41, 5.74) is 3.35. The second kappa shape index (κ2) is 7.43. The molecule has 0 aromatic heterocycles. The summed E-state index contributed by atoms with van der Waals surface area (Å²) in [5, 5.41) is 2.98. The third kappa shape index (κ3) is 3.42. The van der Waals surface area contributed by atoms with Crippen molar-refractivity contribution in [2.75, 3.05) is 25.0 Å². The summed E-state index contributed by atoms with van der Waals surface area (Å²) in [7, 11) is 2.02. The molecular formula is C22H25N3O2. The van der Waals surface area contributed by atoms with Crippen molar-refractivity contribution in [1.29, 1.82) is 0 Å². The van der Waals surface area contributed by atoms with Crippen LogP contribution in [0, 0.1) is 0 Å². The number of anilines is 1. The lowest BCUT2D eigenvalue weighted by Gasteiger charge is -2.46. The number of amides is 2. The average molecular weight is 363 g/mol. The van der Waals surface area contributed by atoms with Crippen LogP contribution in [-0.4, -0.2) is 43.0 Å². The van der Waals surface area contributed by atoms with E-state index in [4.69, 9.17) is 0 Å². The molecule has 1 fully saturated rings. The molecule has 5 nitrogen and oxygen atoms in total. The number of fused-ring (bicyclic) bond motifs is 2. The van der Waals surface area contributed by atoms with Crippen molar-refractivity contribution < 1.29 is 9.59 Å². The predicted octanol–water partition coefficient (Wildman–Crippen LogP) is 3.06. The molecule has 0 aliphatic carbocycles. The highest BCUT2D eigenvalue weighted by molar-refractivity contribution is 6.04. The van der Waals surface area contributed by atoms with Gasteiger partial charge in [0.1, 0.15) is 6.17 Å². The van der Waals surface area contributed by atoms with E-state index in [1.54, 1.807) is 12.1 Å². The normalized spacial score (nSPS) is 18.7. The van der Waals surface area contributed by atoms with Gasteiger partial charge in [-0.25, -0.2) is 0 Å². The lowest BCUT2D eigenvalue weighted by Crippen LogP contribution is -2.55. The first-order valence-electron chi connectivity index (χ1n) is 9.65. The number of nitrogens with one attached hydrogen (secondary N) is 1. The first-order valence-corrected chi connectivity index (χ1v) is 9.65. The van der Waals surface area contributed by atoms with Gasteiger partial charge in [0.05, 0.1) is 11.3 Å². The summed E-state index contributed by atoms with van der Waals surface area (Å²) in [6.07, 6.45) is 4.08. The third-order valence-corrected chi connectivity index (χ3v) is 5.59. The lowest BCUT2D eigenvalue weighted by atomic mass is 9.97. The Hall–Kier alpha value is -2.82. The molecule has 2 aromatic rings. The Morgan fingerprint density at radius 2 is 1.96 bits per heavy atom.